The molecule has 0 radical (unpaired) electrons. The van der Waals surface area contributed by atoms with Crippen LogP contribution in [0.2, 0.25) is 0 Å². The van der Waals surface area contributed by atoms with Crippen LogP contribution < -0.4 is 10.9 Å². The molecule has 0 saturated carbocycles. The second-order valence-electron chi connectivity index (χ2n) is 6.83. The molecule has 7 heteroatoms. The average molecular weight is 382 g/mol. The number of hydrogen-bond acceptors (Lipinski definition) is 6. The second kappa shape index (κ2) is 8.02. The molecule has 2 N–H and O–H groups in total. The Labute approximate surface area is 162 Å². The largest absolute Gasteiger partial charge is 0.373 e. The van der Waals surface area contributed by atoms with Crippen LogP contribution in [0, 0.1) is 0 Å². The quantitative estimate of drug-likeness (QED) is 0.709. The van der Waals surface area contributed by atoms with E-state index in [2.05, 4.69) is 26.3 Å². The van der Waals surface area contributed by atoms with E-state index in [4.69, 9.17) is 4.98 Å². The first-order valence-corrected chi connectivity index (χ1v) is 10.1. The normalized spacial score (nSPS) is 17.7. The maximum absolute atomic E-state index is 12.2. The lowest BCUT2D eigenvalue weighted by Crippen LogP contribution is -2.35. The zero-order valence-electron chi connectivity index (χ0n) is 15.3. The maximum atomic E-state index is 12.2. The number of rotatable bonds is 5. The predicted octanol–water partition coefficient (Wildman–Crippen LogP) is 3.31. The van der Waals surface area contributed by atoms with Gasteiger partial charge in [0.1, 0.15) is 11.6 Å². The molecule has 4 heterocycles. The lowest BCUT2D eigenvalue weighted by Gasteiger charge is -2.32. The molecule has 1 saturated heterocycles. The van der Waals surface area contributed by atoms with Gasteiger partial charge in [-0.3, -0.25) is 9.69 Å². The summed E-state index contributed by atoms with van der Waals surface area (Å²) in [6, 6.07) is 9.71. The molecule has 4 rings (SSSR count). The summed E-state index contributed by atoms with van der Waals surface area (Å²) >= 11 is 1.59. The van der Waals surface area contributed by atoms with Crippen molar-refractivity contribution in [3.05, 3.63) is 63.5 Å². The minimum atomic E-state index is -0.0785. The van der Waals surface area contributed by atoms with Gasteiger partial charge >= 0.3 is 0 Å². The van der Waals surface area contributed by atoms with Gasteiger partial charge in [0.2, 0.25) is 0 Å². The highest BCUT2D eigenvalue weighted by Gasteiger charge is 2.24. The first-order chi connectivity index (χ1) is 13.2. The Morgan fingerprint density at radius 3 is 3.11 bits per heavy atom. The van der Waals surface area contributed by atoms with E-state index >= 15 is 0 Å². The second-order valence-corrected chi connectivity index (χ2v) is 7.78. The van der Waals surface area contributed by atoms with Crippen LogP contribution in [0.25, 0.3) is 10.7 Å². The van der Waals surface area contributed by atoms with Crippen LogP contribution in [0.4, 0.5) is 5.82 Å². The minimum Gasteiger partial charge on any atom is -0.373 e. The Morgan fingerprint density at radius 2 is 2.30 bits per heavy atom. The smallest absolute Gasteiger partial charge is 0.251 e. The van der Waals surface area contributed by atoms with Gasteiger partial charge in [-0.2, -0.15) is 0 Å². The van der Waals surface area contributed by atoms with Crippen LogP contribution >= 0.6 is 11.3 Å². The maximum Gasteiger partial charge on any atom is 0.251 e. The van der Waals surface area contributed by atoms with Crippen molar-refractivity contribution in [2.75, 3.05) is 25.5 Å². The monoisotopic (exact) mass is 381 g/mol. The number of pyridine rings is 1. The van der Waals surface area contributed by atoms with Crippen molar-refractivity contribution in [3.63, 3.8) is 0 Å². The minimum absolute atomic E-state index is 0.0785. The fraction of sp³-hybridized carbons (Fsp3) is 0.350. The van der Waals surface area contributed by atoms with E-state index in [9.17, 15) is 4.79 Å². The van der Waals surface area contributed by atoms with E-state index in [1.54, 1.807) is 23.6 Å². The van der Waals surface area contributed by atoms with Crippen molar-refractivity contribution in [2.45, 2.75) is 25.3 Å². The number of nitrogens with one attached hydrogen (secondary N) is 2. The Morgan fingerprint density at radius 1 is 1.37 bits per heavy atom. The van der Waals surface area contributed by atoms with Crippen molar-refractivity contribution in [1.29, 1.82) is 0 Å². The topological polar surface area (TPSA) is 73.9 Å². The van der Waals surface area contributed by atoms with E-state index in [1.165, 1.54) is 5.56 Å². The summed E-state index contributed by atoms with van der Waals surface area (Å²) in [5.41, 5.74) is 2.01. The summed E-state index contributed by atoms with van der Waals surface area (Å²) in [7, 11) is 1.90. The summed E-state index contributed by atoms with van der Waals surface area (Å²) < 4.78 is 0. The van der Waals surface area contributed by atoms with Crippen LogP contribution in [0.3, 0.4) is 0 Å². The van der Waals surface area contributed by atoms with Crippen LogP contribution in [0.15, 0.2) is 46.7 Å². The van der Waals surface area contributed by atoms with Crippen LogP contribution in [0.5, 0.6) is 0 Å². The first kappa shape index (κ1) is 17.9. The SMILES string of the molecule is CNc1ncccc1CN1CCC[C@@H](c2cc(=O)[nH]c(-c3cccs3)n2)C1. The molecule has 1 aliphatic rings. The van der Waals surface area contributed by atoms with E-state index in [1.807, 2.05) is 30.6 Å². The fourth-order valence-electron chi connectivity index (χ4n) is 3.69. The fourth-order valence-corrected chi connectivity index (χ4v) is 4.36. The first-order valence-electron chi connectivity index (χ1n) is 9.22. The molecule has 140 valence electrons. The number of nitrogens with zero attached hydrogens (tertiary/aromatic N) is 3. The Kier molecular flexibility index (Phi) is 5.31. The van der Waals surface area contributed by atoms with Gasteiger partial charge < -0.3 is 10.3 Å². The van der Waals surface area contributed by atoms with Gasteiger partial charge in [-0.15, -0.1) is 11.3 Å². The third-order valence-electron chi connectivity index (χ3n) is 4.96. The average Bonchev–Trinajstić information content (AvgIpc) is 3.23. The highest BCUT2D eigenvalue weighted by Crippen LogP contribution is 2.28. The zero-order valence-corrected chi connectivity index (χ0v) is 16.1. The molecule has 0 spiro atoms. The summed E-state index contributed by atoms with van der Waals surface area (Å²) in [4.78, 5) is 27.7. The van der Waals surface area contributed by atoms with E-state index in [-0.39, 0.29) is 11.5 Å². The molecule has 3 aromatic rings. The molecule has 0 amide bonds. The predicted molar refractivity (Wildman–Crippen MR) is 109 cm³/mol. The lowest BCUT2D eigenvalue weighted by atomic mass is 9.94. The van der Waals surface area contributed by atoms with Crippen LogP contribution in [-0.4, -0.2) is 40.0 Å². The van der Waals surface area contributed by atoms with Crippen molar-refractivity contribution in [1.82, 2.24) is 19.9 Å². The summed E-state index contributed by atoms with van der Waals surface area (Å²) in [6.07, 6.45) is 3.96. The molecule has 0 aromatic carbocycles. The van der Waals surface area contributed by atoms with E-state index in [0.29, 0.717) is 5.82 Å². The molecule has 0 bridgehead atoms. The van der Waals surface area contributed by atoms with Crippen molar-refractivity contribution in [3.8, 4) is 10.7 Å². The number of likely N-dealkylation sites (tertiary alicyclic amines) is 1. The molecule has 27 heavy (non-hydrogen) atoms. The summed E-state index contributed by atoms with van der Waals surface area (Å²) in [6.45, 7) is 2.80. The molecule has 0 unspecified atom stereocenters. The van der Waals surface area contributed by atoms with Crippen LogP contribution in [-0.2, 0) is 6.54 Å². The third kappa shape index (κ3) is 4.09. The Bertz CT molecular complexity index is 953. The van der Waals surface area contributed by atoms with Gasteiger partial charge in [-0.1, -0.05) is 12.1 Å². The van der Waals surface area contributed by atoms with E-state index in [0.717, 1.165) is 48.9 Å². The molecule has 1 fully saturated rings. The van der Waals surface area contributed by atoms with Gasteiger partial charge in [0.15, 0.2) is 0 Å². The van der Waals surface area contributed by atoms with Crippen molar-refractivity contribution < 1.29 is 0 Å². The number of hydrogen-bond donors (Lipinski definition) is 2. The van der Waals surface area contributed by atoms with Gasteiger partial charge in [-0.05, 0) is 36.9 Å². The number of thiophene rings is 1. The molecular weight excluding hydrogens is 358 g/mol. The number of aromatic nitrogens is 3. The molecule has 0 aliphatic carbocycles. The Balaban J connectivity index is 1.54. The highest BCUT2D eigenvalue weighted by atomic mass is 32.1. The molecule has 3 aromatic heterocycles. The number of piperidine rings is 1. The zero-order chi connectivity index (χ0) is 18.6. The molecule has 1 aliphatic heterocycles. The van der Waals surface area contributed by atoms with Gasteiger partial charge in [0.25, 0.3) is 5.56 Å². The Hall–Kier alpha value is -2.51. The summed E-state index contributed by atoms with van der Waals surface area (Å²) in [5, 5.41) is 5.16. The van der Waals surface area contributed by atoms with Gasteiger partial charge in [-0.25, -0.2) is 9.97 Å². The number of aromatic amines is 1. The van der Waals surface area contributed by atoms with Crippen molar-refractivity contribution >= 4 is 17.2 Å². The van der Waals surface area contributed by atoms with Crippen molar-refractivity contribution in [2.24, 2.45) is 0 Å². The standard InChI is InChI=1S/C20H23N5OS/c1-21-19-15(5-2-8-22-19)13-25-9-3-6-14(12-25)16-11-18(26)24-20(23-16)17-7-4-10-27-17/h2,4-5,7-8,10-11,14H,3,6,9,12-13H2,1H3,(H,21,22)(H,23,24,26)/t14-/m1/s1. The molecule has 6 nitrogen and oxygen atoms in total. The van der Waals surface area contributed by atoms with E-state index < -0.39 is 0 Å². The number of H-pyrrole nitrogens is 1. The van der Waals surface area contributed by atoms with Gasteiger partial charge in [0.05, 0.1) is 10.6 Å². The molecule has 1 atom stereocenters. The third-order valence-corrected chi connectivity index (χ3v) is 5.84. The number of anilines is 1. The highest BCUT2D eigenvalue weighted by molar-refractivity contribution is 7.13. The summed E-state index contributed by atoms with van der Waals surface area (Å²) in [5.74, 6) is 1.87. The van der Waals surface area contributed by atoms with Gasteiger partial charge in [0, 0.05) is 43.9 Å². The lowest BCUT2D eigenvalue weighted by molar-refractivity contribution is 0.198. The molecular formula is C20H23N5OS. The van der Waals surface area contributed by atoms with Crippen LogP contribution in [0.1, 0.15) is 30.0 Å².